The van der Waals surface area contributed by atoms with Gasteiger partial charge in [-0.2, -0.15) is 23.5 Å². The lowest BCUT2D eigenvalue weighted by molar-refractivity contribution is 0.0951. The first-order valence-corrected chi connectivity index (χ1v) is 8.80. The minimum absolute atomic E-state index is 0.181. The number of hydrogen-bond donors (Lipinski definition) is 2. The van der Waals surface area contributed by atoms with Gasteiger partial charge < -0.3 is 15.8 Å². The van der Waals surface area contributed by atoms with Crippen LogP contribution < -0.4 is 15.8 Å². The van der Waals surface area contributed by atoms with Gasteiger partial charge in [-0.05, 0) is 6.07 Å². The van der Waals surface area contributed by atoms with E-state index in [0.29, 0.717) is 33.8 Å². The van der Waals surface area contributed by atoms with Crippen molar-refractivity contribution in [1.82, 2.24) is 5.32 Å². The maximum absolute atomic E-state index is 12.2. The average molecular weight is 333 g/mol. The van der Waals surface area contributed by atoms with E-state index in [4.69, 9.17) is 22.1 Å². The number of hydrogen-bond acceptors (Lipinski definition) is 5. The van der Waals surface area contributed by atoms with Crippen LogP contribution in [0.25, 0.3) is 0 Å². The van der Waals surface area contributed by atoms with Crippen LogP contribution in [0.1, 0.15) is 10.4 Å². The molecule has 1 aliphatic heterocycles. The van der Waals surface area contributed by atoms with Crippen molar-refractivity contribution in [1.29, 1.82) is 0 Å². The second kappa shape index (κ2) is 7.33. The fraction of sp³-hybridized carbons (Fsp3) is 0.462. The maximum atomic E-state index is 12.2. The number of carbonyl (C=O) groups is 1. The van der Waals surface area contributed by atoms with Gasteiger partial charge in [0.2, 0.25) is 0 Å². The summed E-state index contributed by atoms with van der Waals surface area (Å²) < 4.78 is 5.19. The summed E-state index contributed by atoms with van der Waals surface area (Å²) in [5.41, 5.74) is 6.53. The number of benzene rings is 1. The summed E-state index contributed by atoms with van der Waals surface area (Å²) in [6.07, 6.45) is 0. The molecule has 0 aliphatic carbocycles. The average Bonchev–Trinajstić information content (AvgIpc) is 2.48. The number of anilines is 1. The Morgan fingerprint density at radius 3 is 3.00 bits per heavy atom. The van der Waals surface area contributed by atoms with E-state index in [1.165, 1.54) is 12.9 Å². The minimum Gasteiger partial charge on any atom is -0.496 e. The summed E-state index contributed by atoms with van der Waals surface area (Å²) in [5, 5.41) is 3.76. The molecule has 1 aliphatic rings. The molecule has 20 heavy (non-hydrogen) atoms. The van der Waals surface area contributed by atoms with Gasteiger partial charge in [-0.3, -0.25) is 4.79 Å². The maximum Gasteiger partial charge on any atom is 0.255 e. The van der Waals surface area contributed by atoms with Gasteiger partial charge >= 0.3 is 0 Å². The van der Waals surface area contributed by atoms with Crippen LogP contribution in [-0.4, -0.2) is 42.1 Å². The Labute approximate surface area is 132 Å². The van der Waals surface area contributed by atoms with Gasteiger partial charge in [0, 0.05) is 35.1 Å². The second-order valence-corrected chi connectivity index (χ2v) is 7.32. The molecule has 1 aromatic carbocycles. The summed E-state index contributed by atoms with van der Waals surface area (Å²) in [4.78, 5) is 12.2. The molecule has 1 heterocycles. The Kier molecular flexibility index (Phi) is 5.74. The summed E-state index contributed by atoms with van der Waals surface area (Å²) in [6.45, 7) is 0.654. The first-order chi connectivity index (χ1) is 9.61. The number of thioether (sulfide) groups is 2. The molecule has 0 bridgehead atoms. The standard InChI is InChI=1S/C13H17ClN2O2S2/c1-18-12-5-11(15)10(14)4-9(12)13(17)16-6-8-7-19-2-3-20-8/h4-5,8H,2-3,6-7,15H2,1H3,(H,16,17). The monoisotopic (exact) mass is 332 g/mol. The molecule has 0 aromatic heterocycles. The van der Waals surface area contributed by atoms with Gasteiger partial charge in [0.05, 0.1) is 23.4 Å². The number of nitrogen functional groups attached to an aromatic ring is 1. The number of nitrogens with one attached hydrogen (secondary N) is 1. The number of methoxy groups -OCH3 is 1. The number of ether oxygens (including phenoxy) is 1. The fourth-order valence-electron chi connectivity index (χ4n) is 1.87. The Balaban J connectivity index is 2.02. The van der Waals surface area contributed by atoms with Crippen molar-refractivity contribution in [3.05, 3.63) is 22.7 Å². The van der Waals surface area contributed by atoms with Crippen molar-refractivity contribution < 1.29 is 9.53 Å². The van der Waals surface area contributed by atoms with Crippen LogP contribution in [0.5, 0.6) is 5.75 Å². The molecule has 2 rings (SSSR count). The molecule has 1 saturated heterocycles. The molecule has 1 unspecified atom stereocenters. The zero-order valence-corrected chi connectivity index (χ0v) is 13.5. The predicted molar refractivity (Wildman–Crippen MR) is 88.3 cm³/mol. The Hall–Kier alpha value is -0.720. The van der Waals surface area contributed by atoms with E-state index < -0.39 is 0 Å². The van der Waals surface area contributed by atoms with Crippen molar-refractivity contribution in [3.63, 3.8) is 0 Å². The van der Waals surface area contributed by atoms with Crippen LogP contribution in [0.3, 0.4) is 0 Å². The summed E-state index contributed by atoms with van der Waals surface area (Å²) >= 11 is 9.80. The number of carbonyl (C=O) groups excluding carboxylic acids is 1. The SMILES string of the molecule is COc1cc(N)c(Cl)cc1C(=O)NCC1CSCCS1. The Bertz CT molecular complexity index is 494. The number of amides is 1. The van der Waals surface area contributed by atoms with Gasteiger partial charge in [0.15, 0.2) is 0 Å². The minimum atomic E-state index is -0.181. The van der Waals surface area contributed by atoms with Crippen molar-refractivity contribution in [2.45, 2.75) is 5.25 Å². The van der Waals surface area contributed by atoms with Crippen LogP contribution >= 0.6 is 35.1 Å². The number of halogens is 1. The van der Waals surface area contributed by atoms with E-state index in [1.807, 2.05) is 23.5 Å². The topological polar surface area (TPSA) is 64.3 Å². The summed E-state index contributed by atoms with van der Waals surface area (Å²) in [7, 11) is 1.51. The summed E-state index contributed by atoms with van der Waals surface area (Å²) in [6, 6.07) is 3.12. The third-order valence-corrected chi connectivity index (χ3v) is 6.11. The van der Waals surface area contributed by atoms with Gasteiger partial charge in [-0.25, -0.2) is 0 Å². The van der Waals surface area contributed by atoms with Crippen molar-refractivity contribution in [2.24, 2.45) is 0 Å². The molecule has 110 valence electrons. The molecular weight excluding hydrogens is 316 g/mol. The highest BCUT2D eigenvalue weighted by molar-refractivity contribution is 8.06. The van der Waals surface area contributed by atoms with E-state index in [2.05, 4.69) is 5.32 Å². The van der Waals surface area contributed by atoms with Crippen LogP contribution in [0.15, 0.2) is 12.1 Å². The molecule has 0 spiro atoms. The number of rotatable bonds is 4. The molecule has 7 heteroatoms. The van der Waals surface area contributed by atoms with Gasteiger partial charge in [-0.15, -0.1) is 0 Å². The van der Waals surface area contributed by atoms with Gasteiger partial charge in [0.1, 0.15) is 5.75 Å². The van der Waals surface area contributed by atoms with Gasteiger partial charge in [0.25, 0.3) is 5.91 Å². The van der Waals surface area contributed by atoms with Crippen LogP contribution in [0, 0.1) is 0 Å². The first-order valence-electron chi connectivity index (χ1n) is 6.22. The van der Waals surface area contributed by atoms with E-state index in [0.717, 1.165) is 11.5 Å². The normalized spacial score (nSPS) is 18.6. The van der Waals surface area contributed by atoms with Crippen molar-refractivity contribution in [3.8, 4) is 5.75 Å². The summed E-state index contributed by atoms with van der Waals surface area (Å²) in [5.74, 6) is 3.67. The predicted octanol–water partition coefficient (Wildman–Crippen LogP) is 2.51. The molecular formula is C13H17ClN2O2S2. The molecule has 0 saturated carbocycles. The lowest BCUT2D eigenvalue weighted by Gasteiger charge is -2.21. The van der Waals surface area contributed by atoms with Crippen LogP contribution in [0.4, 0.5) is 5.69 Å². The third-order valence-electron chi connectivity index (χ3n) is 2.94. The fourth-order valence-corrected chi connectivity index (χ4v) is 4.65. The zero-order chi connectivity index (χ0) is 14.5. The molecule has 1 amide bonds. The van der Waals surface area contributed by atoms with Crippen molar-refractivity contribution >= 4 is 46.7 Å². The Morgan fingerprint density at radius 2 is 2.35 bits per heavy atom. The van der Waals surface area contributed by atoms with Crippen LogP contribution in [0.2, 0.25) is 5.02 Å². The largest absolute Gasteiger partial charge is 0.496 e. The molecule has 1 fully saturated rings. The molecule has 3 N–H and O–H groups in total. The highest BCUT2D eigenvalue weighted by Gasteiger charge is 2.18. The third kappa shape index (κ3) is 3.90. The lowest BCUT2D eigenvalue weighted by atomic mass is 10.1. The number of nitrogens with two attached hydrogens (primary N) is 1. The van der Waals surface area contributed by atoms with Crippen molar-refractivity contribution in [2.75, 3.05) is 36.6 Å². The van der Waals surface area contributed by atoms with E-state index >= 15 is 0 Å². The van der Waals surface area contributed by atoms with Crippen LogP contribution in [-0.2, 0) is 0 Å². The molecule has 1 aromatic rings. The van der Waals surface area contributed by atoms with E-state index in [-0.39, 0.29) is 5.91 Å². The quantitative estimate of drug-likeness (QED) is 0.829. The molecule has 0 radical (unpaired) electrons. The highest BCUT2D eigenvalue weighted by Crippen LogP contribution is 2.29. The lowest BCUT2D eigenvalue weighted by Crippen LogP contribution is -2.33. The smallest absolute Gasteiger partial charge is 0.255 e. The zero-order valence-electron chi connectivity index (χ0n) is 11.1. The second-order valence-electron chi connectivity index (χ2n) is 4.35. The Morgan fingerprint density at radius 1 is 1.55 bits per heavy atom. The first kappa shape index (κ1) is 15.7. The van der Waals surface area contributed by atoms with E-state index in [1.54, 1.807) is 12.1 Å². The molecule has 4 nitrogen and oxygen atoms in total. The van der Waals surface area contributed by atoms with Gasteiger partial charge in [-0.1, -0.05) is 11.6 Å². The molecule has 1 atom stereocenters. The highest BCUT2D eigenvalue weighted by atomic mass is 35.5. The van der Waals surface area contributed by atoms with E-state index in [9.17, 15) is 4.79 Å².